The monoisotopic (exact) mass is 507 g/mol. The molecule has 35 heavy (non-hydrogen) atoms. The molecule has 14 nitrogen and oxygen atoms in total. The van der Waals surface area contributed by atoms with E-state index < -0.39 is 5.91 Å². The summed E-state index contributed by atoms with van der Waals surface area (Å²) in [6.45, 7) is 7.04. The van der Waals surface area contributed by atoms with Crippen molar-refractivity contribution in [1.29, 1.82) is 0 Å². The van der Waals surface area contributed by atoms with Gasteiger partial charge >= 0.3 is 0 Å². The Bertz CT molecular complexity index is 960. The van der Waals surface area contributed by atoms with Crippen LogP contribution in [0.2, 0.25) is 5.15 Å². The number of anilines is 2. The molecule has 0 aromatic carbocycles. The number of nitrogens with one attached hydrogen (secondary N) is 2. The van der Waals surface area contributed by atoms with Crippen LogP contribution in [0.15, 0.2) is 4.99 Å². The Morgan fingerprint density at radius 3 is 2.34 bits per heavy atom. The molecule has 0 spiro atoms. The number of rotatable bonds is 12. The minimum atomic E-state index is -0.636. The minimum absolute atomic E-state index is 0.00458. The predicted octanol–water partition coefficient (Wildman–Crippen LogP) is -0.337. The maximum absolute atomic E-state index is 12.2. The number of aromatic amines is 1. The number of aliphatic imine (C=N–C) groups is 1. The number of hydrogen-bond acceptors (Lipinski definition) is 11. The number of piperazine rings is 1. The maximum Gasteiger partial charge on any atom is 0.280 e. The Hall–Kier alpha value is -3.10. The van der Waals surface area contributed by atoms with Gasteiger partial charge in [-0.25, -0.2) is 9.97 Å². The molecule has 1 aliphatic heterocycles. The number of tetrazole rings is 1. The quantitative estimate of drug-likeness (QED) is 0.142. The first-order chi connectivity index (χ1) is 16.9. The molecule has 0 radical (unpaired) electrons. The number of halogens is 1. The normalized spacial score (nSPS) is 15.4. The first-order valence-electron chi connectivity index (χ1n) is 11.8. The van der Waals surface area contributed by atoms with Gasteiger partial charge in [-0.15, -0.1) is 10.2 Å². The van der Waals surface area contributed by atoms with Gasteiger partial charge in [0.1, 0.15) is 0 Å². The Morgan fingerprint density at radius 1 is 1.00 bits per heavy atom. The summed E-state index contributed by atoms with van der Waals surface area (Å²) in [6, 6.07) is 0. The SMILES string of the molecule is NC(=NCCCCN1CCN(CCCCCc2nn[nH]n2)CC1)NC(=O)c1nc(Cl)c(N)nc1N. The summed E-state index contributed by atoms with van der Waals surface area (Å²) < 4.78 is 0. The average molecular weight is 508 g/mol. The number of carbonyl (C=O) groups is 1. The van der Waals surface area contributed by atoms with Crippen molar-refractivity contribution >= 4 is 35.1 Å². The summed E-state index contributed by atoms with van der Waals surface area (Å²) in [5, 5.41) is 16.4. The lowest BCUT2D eigenvalue weighted by atomic mass is 10.1. The van der Waals surface area contributed by atoms with E-state index in [1.165, 1.54) is 12.8 Å². The molecule has 0 aliphatic carbocycles. The minimum Gasteiger partial charge on any atom is -0.382 e. The van der Waals surface area contributed by atoms with Crippen molar-refractivity contribution in [3.05, 3.63) is 16.7 Å². The zero-order chi connectivity index (χ0) is 25.0. The number of amides is 1. The number of nitrogens with zero attached hydrogens (tertiary/aromatic N) is 8. The molecule has 0 saturated carbocycles. The van der Waals surface area contributed by atoms with Crippen molar-refractivity contribution < 1.29 is 4.79 Å². The van der Waals surface area contributed by atoms with Gasteiger partial charge in [-0.05, 0) is 38.8 Å². The van der Waals surface area contributed by atoms with Crippen molar-refractivity contribution in [2.75, 3.05) is 57.3 Å². The van der Waals surface area contributed by atoms with E-state index in [1.807, 2.05) is 0 Å². The molecule has 8 N–H and O–H groups in total. The number of aryl methyl sites for hydroxylation is 1. The second-order valence-corrected chi connectivity index (χ2v) is 8.74. The van der Waals surface area contributed by atoms with Crippen molar-refractivity contribution in [2.24, 2.45) is 10.7 Å². The van der Waals surface area contributed by atoms with Crippen LogP contribution >= 0.6 is 11.6 Å². The number of hydrogen-bond donors (Lipinski definition) is 5. The van der Waals surface area contributed by atoms with Crippen LogP contribution in [0.4, 0.5) is 11.6 Å². The molecule has 2 aromatic rings. The summed E-state index contributed by atoms with van der Waals surface area (Å²) in [5.41, 5.74) is 16.8. The number of nitrogens with two attached hydrogens (primary N) is 3. The first-order valence-corrected chi connectivity index (χ1v) is 12.2. The molecule has 3 heterocycles. The van der Waals surface area contributed by atoms with Crippen LogP contribution in [0.5, 0.6) is 0 Å². The highest BCUT2D eigenvalue weighted by molar-refractivity contribution is 6.31. The molecule has 15 heteroatoms. The fraction of sp³-hybridized carbons (Fsp3) is 0.650. The van der Waals surface area contributed by atoms with Crippen LogP contribution < -0.4 is 22.5 Å². The fourth-order valence-corrected chi connectivity index (χ4v) is 3.92. The number of guanidine groups is 1. The number of nitrogen functional groups attached to an aromatic ring is 2. The maximum atomic E-state index is 12.2. The Morgan fingerprint density at radius 2 is 1.69 bits per heavy atom. The van der Waals surface area contributed by atoms with Gasteiger partial charge in [-0.1, -0.05) is 23.2 Å². The van der Waals surface area contributed by atoms with Crippen molar-refractivity contribution in [3.63, 3.8) is 0 Å². The summed E-state index contributed by atoms with van der Waals surface area (Å²) in [6.07, 6.45) is 6.21. The van der Waals surface area contributed by atoms with Crippen LogP contribution in [0.1, 0.15) is 48.4 Å². The predicted molar refractivity (Wildman–Crippen MR) is 134 cm³/mol. The summed E-state index contributed by atoms with van der Waals surface area (Å²) in [5.74, 6) is -0.0203. The molecule has 1 aliphatic rings. The summed E-state index contributed by atoms with van der Waals surface area (Å²) in [7, 11) is 0. The van der Waals surface area contributed by atoms with E-state index in [-0.39, 0.29) is 28.4 Å². The summed E-state index contributed by atoms with van der Waals surface area (Å²) in [4.78, 5) is 29.1. The Balaban J connectivity index is 1.23. The van der Waals surface area contributed by atoms with Gasteiger partial charge in [0, 0.05) is 39.1 Å². The van der Waals surface area contributed by atoms with Crippen LogP contribution in [0.3, 0.4) is 0 Å². The second-order valence-electron chi connectivity index (χ2n) is 8.38. The lowest BCUT2D eigenvalue weighted by Crippen LogP contribution is -2.46. The third kappa shape index (κ3) is 8.88. The molecule has 0 atom stereocenters. The fourth-order valence-electron chi connectivity index (χ4n) is 3.79. The molecule has 1 saturated heterocycles. The molecule has 192 valence electrons. The molecule has 1 amide bonds. The number of unbranched alkanes of at least 4 members (excludes halogenated alkanes) is 3. The molecular formula is C20H34ClN13O. The molecular weight excluding hydrogens is 474 g/mol. The third-order valence-corrected chi connectivity index (χ3v) is 6.03. The molecule has 0 bridgehead atoms. The second kappa shape index (κ2) is 13.7. The Labute approximate surface area is 209 Å². The Kier molecular flexibility index (Phi) is 10.4. The van der Waals surface area contributed by atoms with Crippen LogP contribution in [-0.2, 0) is 6.42 Å². The highest BCUT2D eigenvalue weighted by Crippen LogP contribution is 2.17. The highest BCUT2D eigenvalue weighted by Gasteiger charge is 2.17. The third-order valence-electron chi connectivity index (χ3n) is 5.75. The van der Waals surface area contributed by atoms with Crippen molar-refractivity contribution in [3.8, 4) is 0 Å². The van der Waals surface area contributed by atoms with Gasteiger partial charge in [0.25, 0.3) is 5.91 Å². The number of H-pyrrole nitrogens is 1. The van der Waals surface area contributed by atoms with E-state index in [1.54, 1.807) is 0 Å². The lowest BCUT2D eigenvalue weighted by molar-refractivity contribution is 0.0972. The standard InChI is InChI=1S/C20H34ClN13O/c21-16-18(23)27-17(22)15(26-16)19(35)28-20(24)25-7-3-5-9-34-12-10-33(11-13-34)8-4-1-2-6-14-29-31-32-30-14/h1-13H2,(H4,22,23,27)(H3,24,25,28,35)(H,29,30,31,32). The zero-order valence-electron chi connectivity index (χ0n) is 19.8. The van der Waals surface area contributed by atoms with E-state index in [9.17, 15) is 4.79 Å². The van der Waals surface area contributed by atoms with E-state index >= 15 is 0 Å². The molecule has 3 rings (SSSR count). The van der Waals surface area contributed by atoms with Crippen LogP contribution in [0.25, 0.3) is 0 Å². The van der Waals surface area contributed by atoms with Gasteiger partial charge in [-0.2, -0.15) is 5.21 Å². The lowest BCUT2D eigenvalue weighted by Gasteiger charge is -2.34. The zero-order valence-corrected chi connectivity index (χ0v) is 20.5. The molecule has 0 unspecified atom stereocenters. The van der Waals surface area contributed by atoms with Gasteiger partial charge in [-0.3, -0.25) is 15.1 Å². The van der Waals surface area contributed by atoms with Gasteiger partial charge in [0.05, 0.1) is 0 Å². The van der Waals surface area contributed by atoms with Crippen molar-refractivity contribution in [1.82, 2.24) is 45.7 Å². The first kappa shape index (κ1) is 26.5. The van der Waals surface area contributed by atoms with Crippen molar-refractivity contribution in [2.45, 2.75) is 38.5 Å². The van der Waals surface area contributed by atoms with E-state index in [2.05, 4.69) is 50.7 Å². The molecule has 2 aromatic heterocycles. The number of aromatic nitrogens is 6. The smallest absolute Gasteiger partial charge is 0.280 e. The molecule has 1 fully saturated rings. The van der Waals surface area contributed by atoms with Crippen LogP contribution in [-0.4, -0.2) is 98.1 Å². The van der Waals surface area contributed by atoms with Gasteiger partial charge in [0.2, 0.25) is 0 Å². The van der Waals surface area contributed by atoms with Gasteiger partial charge < -0.3 is 27.0 Å². The summed E-state index contributed by atoms with van der Waals surface area (Å²) >= 11 is 5.80. The highest BCUT2D eigenvalue weighted by atomic mass is 35.5. The van der Waals surface area contributed by atoms with Crippen LogP contribution in [0, 0.1) is 0 Å². The van der Waals surface area contributed by atoms with E-state index in [4.69, 9.17) is 28.8 Å². The average Bonchev–Trinajstić information content (AvgIpc) is 3.35. The topological polar surface area (TPSA) is 206 Å². The number of carbonyl (C=O) groups excluding carboxylic acids is 1. The van der Waals surface area contributed by atoms with Gasteiger partial charge in [0.15, 0.2) is 34.3 Å². The van der Waals surface area contributed by atoms with E-state index in [0.717, 1.165) is 70.8 Å². The van der Waals surface area contributed by atoms with E-state index in [0.29, 0.717) is 6.54 Å². The largest absolute Gasteiger partial charge is 0.382 e.